The average Bonchev–Trinajstić information content (AvgIpc) is 2.95. The van der Waals surface area contributed by atoms with Gasteiger partial charge in [-0.15, -0.1) is 0 Å². The van der Waals surface area contributed by atoms with Crippen LogP contribution in [-0.2, 0) is 13.6 Å². The minimum absolute atomic E-state index is 0.322. The lowest BCUT2D eigenvalue weighted by atomic mass is 9.86. The van der Waals surface area contributed by atoms with Crippen molar-refractivity contribution in [1.82, 2.24) is 9.78 Å². The molecule has 0 unspecified atom stereocenters. The Morgan fingerprint density at radius 1 is 1.35 bits per heavy atom. The van der Waals surface area contributed by atoms with Crippen LogP contribution >= 0.6 is 0 Å². The molecule has 3 rings (SSSR count). The van der Waals surface area contributed by atoms with E-state index < -0.39 is 5.97 Å². The summed E-state index contributed by atoms with van der Waals surface area (Å²) in [6.45, 7) is 0.604. The fourth-order valence-electron chi connectivity index (χ4n) is 3.33. The quantitative estimate of drug-likeness (QED) is 0.881. The van der Waals surface area contributed by atoms with Crippen LogP contribution < -0.4 is 5.32 Å². The lowest BCUT2D eigenvalue weighted by Crippen LogP contribution is -2.09. The van der Waals surface area contributed by atoms with Crippen molar-refractivity contribution in [3.8, 4) is 0 Å². The van der Waals surface area contributed by atoms with Crippen LogP contribution in [0, 0.1) is 0 Å². The highest BCUT2D eigenvalue weighted by molar-refractivity contribution is 5.87. The van der Waals surface area contributed by atoms with Crippen molar-refractivity contribution < 1.29 is 9.90 Å². The molecule has 1 heterocycles. The summed E-state index contributed by atoms with van der Waals surface area (Å²) in [7, 11) is 1.95. The number of nitrogens with one attached hydrogen (secondary N) is 1. The first-order valence-corrected chi connectivity index (χ1v) is 8.23. The van der Waals surface area contributed by atoms with Gasteiger partial charge in [0, 0.05) is 25.7 Å². The summed E-state index contributed by atoms with van der Waals surface area (Å²) >= 11 is 0. The van der Waals surface area contributed by atoms with Gasteiger partial charge in [-0.3, -0.25) is 4.68 Å². The van der Waals surface area contributed by atoms with Gasteiger partial charge in [0.05, 0.1) is 16.9 Å². The lowest BCUT2D eigenvalue weighted by molar-refractivity contribution is 0.0697. The van der Waals surface area contributed by atoms with E-state index in [1.807, 2.05) is 24.0 Å². The molecule has 5 heteroatoms. The topological polar surface area (TPSA) is 67.2 Å². The van der Waals surface area contributed by atoms with Gasteiger partial charge in [-0.25, -0.2) is 4.79 Å². The van der Waals surface area contributed by atoms with Crippen LogP contribution in [0.25, 0.3) is 0 Å². The third-order valence-corrected chi connectivity index (χ3v) is 4.51. The van der Waals surface area contributed by atoms with Crippen LogP contribution in [0.2, 0.25) is 0 Å². The second-order valence-electron chi connectivity index (χ2n) is 6.30. The maximum absolute atomic E-state index is 11.1. The van der Waals surface area contributed by atoms with Crippen molar-refractivity contribution in [1.29, 1.82) is 0 Å². The minimum atomic E-state index is -0.892. The zero-order chi connectivity index (χ0) is 16.2. The molecule has 0 saturated heterocycles. The van der Waals surface area contributed by atoms with Crippen LogP contribution in [-0.4, -0.2) is 20.9 Å². The number of anilines is 1. The molecule has 1 aliphatic rings. The summed E-state index contributed by atoms with van der Waals surface area (Å²) in [5, 5.41) is 17.2. The summed E-state index contributed by atoms with van der Waals surface area (Å²) in [5.41, 5.74) is 3.51. The maximum Gasteiger partial charge on any atom is 0.335 e. The van der Waals surface area contributed by atoms with E-state index in [1.165, 1.54) is 32.1 Å². The van der Waals surface area contributed by atoms with Crippen LogP contribution in [0.4, 0.5) is 5.69 Å². The molecule has 2 N–H and O–H groups in total. The van der Waals surface area contributed by atoms with E-state index in [0.717, 1.165) is 16.9 Å². The Hall–Kier alpha value is -2.30. The largest absolute Gasteiger partial charge is 0.478 e. The second-order valence-corrected chi connectivity index (χ2v) is 6.30. The first kappa shape index (κ1) is 15.6. The molecule has 0 bridgehead atoms. The molecule has 2 aromatic rings. The van der Waals surface area contributed by atoms with Crippen LogP contribution in [0.3, 0.4) is 0 Å². The number of benzene rings is 1. The van der Waals surface area contributed by atoms with Crippen LogP contribution in [0.15, 0.2) is 30.5 Å². The van der Waals surface area contributed by atoms with Crippen LogP contribution in [0.1, 0.15) is 59.6 Å². The number of aromatic carboxylic acids is 1. The van der Waals surface area contributed by atoms with Crippen molar-refractivity contribution in [2.45, 2.75) is 44.6 Å². The van der Waals surface area contributed by atoms with Gasteiger partial charge in [-0.2, -0.15) is 5.10 Å². The Morgan fingerprint density at radius 2 is 2.13 bits per heavy atom. The van der Waals surface area contributed by atoms with E-state index in [9.17, 15) is 4.79 Å². The van der Waals surface area contributed by atoms with Gasteiger partial charge in [0.2, 0.25) is 0 Å². The first-order chi connectivity index (χ1) is 11.1. The molecule has 1 fully saturated rings. The number of nitrogens with zero attached hydrogens (tertiary/aromatic N) is 2. The molecule has 5 nitrogen and oxygen atoms in total. The summed E-state index contributed by atoms with van der Waals surface area (Å²) in [6, 6.07) is 7.05. The van der Waals surface area contributed by atoms with E-state index in [0.29, 0.717) is 18.0 Å². The van der Waals surface area contributed by atoms with Gasteiger partial charge in [0.15, 0.2) is 0 Å². The third-order valence-electron chi connectivity index (χ3n) is 4.51. The Bertz CT molecular complexity index is 687. The standard InChI is InChI=1S/C18H23N3O2/c1-21-12-16(17(20-21)14-7-3-2-4-8-14)19-11-13-6-5-9-15(10-13)18(22)23/h5-6,9-10,12,14,19H,2-4,7-8,11H2,1H3,(H,22,23). The second kappa shape index (κ2) is 6.86. The average molecular weight is 313 g/mol. The Labute approximate surface area is 136 Å². The molecule has 0 radical (unpaired) electrons. The Balaban J connectivity index is 1.73. The normalized spacial score (nSPS) is 15.5. The van der Waals surface area contributed by atoms with E-state index >= 15 is 0 Å². The summed E-state index contributed by atoms with van der Waals surface area (Å²) in [4.78, 5) is 11.1. The van der Waals surface area contributed by atoms with Crippen molar-refractivity contribution in [2.24, 2.45) is 7.05 Å². The molecule has 1 aliphatic carbocycles. The zero-order valence-corrected chi connectivity index (χ0v) is 13.5. The number of aromatic nitrogens is 2. The number of aryl methyl sites for hydroxylation is 1. The van der Waals surface area contributed by atoms with Crippen molar-refractivity contribution >= 4 is 11.7 Å². The number of carbonyl (C=O) groups is 1. The molecule has 1 saturated carbocycles. The van der Waals surface area contributed by atoms with Gasteiger partial charge < -0.3 is 10.4 Å². The van der Waals surface area contributed by atoms with Gasteiger partial charge >= 0.3 is 5.97 Å². The van der Waals surface area contributed by atoms with Gasteiger partial charge in [0.25, 0.3) is 0 Å². The van der Waals surface area contributed by atoms with Gasteiger partial charge in [-0.05, 0) is 30.5 Å². The van der Waals surface area contributed by atoms with E-state index in [1.54, 1.807) is 18.2 Å². The highest BCUT2D eigenvalue weighted by Gasteiger charge is 2.21. The summed E-state index contributed by atoms with van der Waals surface area (Å²) in [6.07, 6.45) is 8.32. The monoisotopic (exact) mass is 313 g/mol. The molecule has 122 valence electrons. The maximum atomic E-state index is 11.1. The van der Waals surface area contributed by atoms with Crippen LogP contribution in [0.5, 0.6) is 0 Å². The molecule has 0 atom stereocenters. The predicted molar refractivity (Wildman–Crippen MR) is 89.8 cm³/mol. The molecule has 0 spiro atoms. The molecule has 0 aliphatic heterocycles. The number of rotatable bonds is 5. The lowest BCUT2D eigenvalue weighted by Gasteiger charge is -2.21. The number of carboxylic acid groups (broad SMARTS) is 1. The highest BCUT2D eigenvalue weighted by atomic mass is 16.4. The van der Waals surface area contributed by atoms with E-state index in [4.69, 9.17) is 5.11 Å². The van der Waals surface area contributed by atoms with Crippen molar-refractivity contribution in [3.05, 3.63) is 47.3 Å². The minimum Gasteiger partial charge on any atom is -0.478 e. The Kier molecular flexibility index (Phi) is 4.65. The van der Waals surface area contributed by atoms with Crippen molar-refractivity contribution in [3.63, 3.8) is 0 Å². The molecule has 1 aromatic carbocycles. The van der Waals surface area contributed by atoms with Crippen molar-refractivity contribution in [2.75, 3.05) is 5.32 Å². The van der Waals surface area contributed by atoms with Gasteiger partial charge in [-0.1, -0.05) is 31.4 Å². The summed E-state index contributed by atoms with van der Waals surface area (Å²) in [5.74, 6) is -0.353. The number of hydrogen-bond donors (Lipinski definition) is 2. The molecular weight excluding hydrogens is 290 g/mol. The number of carboxylic acids is 1. The Morgan fingerprint density at radius 3 is 2.87 bits per heavy atom. The summed E-state index contributed by atoms with van der Waals surface area (Å²) < 4.78 is 1.86. The molecule has 0 amide bonds. The third kappa shape index (κ3) is 3.73. The zero-order valence-electron chi connectivity index (χ0n) is 13.5. The number of hydrogen-bond acceptors (Lipinski definition) is 3. The first-order valence-electron chi connectivity index (χ1n) is 8.23. The molecular formula is C18H23N3O2. The highest BCUT2D eigenvalue weighted by Crippen LogP contribution is 2.35. The SMILES string of the molecule is Cn1cc(NCc2cccc(C(=O)O)c2)c(C2CCCCC2)n1. The molecule has 23 heavy (non-hydrogen) atoms. The fourth-order valence-corrected chi connectivity index (χ4v) is 3.33. The van der Waals surface area contributed by atoms with E-state index in [-0.39, 0.29) is 0 Å². The van der Waals surface area contributed by atoms with Gasteiger partial charge in [0.1, 0.15) is 0 Å². The smallest absolute Gasteiger partial charge is 0.335 e. The predicted octanol–water partition coefficient (Wildman–Crippen LogP) is 3.78. The molecule has 1 aromatic heterocycles. The fraction of sp³-hybridized carbons (Fsp3) is 0.444. The van der Waals surface area contributed by atoms with E-state index in [2.05, 4.69) is 10.4 Å².